The number of hydrogen-bond donors (Lipinski definition) is 2. The van der Waals surface area contributed by atoms with Gasteiger partial charge in [-0.3, -0.25) is 4.79 Å². The van der Waals surface area contributed by atoms with Gasteiger partial charge in [-0.2, -0.15) is 0 Å². The molecule has 0 aliphatic rings. The van der Waals surface area contributed by atoms with Crippen molar-refractivity contribution >= 4 is 63.0 Å². The molecular weight excluding hydrogens is 483 g/mol. The van der Waals surface area contributed by atoms with E-state index in [0.717, 1.165) is 11.1 Å². The topological polar surface area (TPSA) is 66.9 Å². The Labute approximate surface area is 204 Å². The number of halogens is 2. The molecule has 1 aromatic heterocycles. The number of aromatic nitrogens is 2. The molecule has 5 nitrogen and oxygen atoms in total. The molecule has 4 aromatic rings. The third-order valence-corrected chi connectivity index (χ3v) is 7.04. The minimum atomic E-state index is -0.524. The summed E-state index contributed by atoms with van der Waals surface area (Å²) < 4.78 is 0.689. The van der Waals surface area contributed by atoms with E-state index in [9.17, 15) is 4.79 Å². The Morgan fingerprint density at radius 1 is 0.938 bits per heavy atom. The van der Waals surface area contributed by atoms with Gasteiger partial charge in [-0.15, -0.1) is 10.2 Å². The Hall–Kier alpha value is -2.58. The zero-order valence-electron chi connectivity index (χ0n) is 16.7. The number of nitrogens with zero attached hydrogens (tertiary/aromatic N) is 2. The maximum Gasteiger partial charge on any atom is 0.242 e. The second kappa shape index (κ2) is 10.8. The first-order valence-electron chi connectivity index (χ1n) is 9.67. The Balaban J connectivity index is 1.49. The van der Waals surface area contributed by atoms with Crippen molar-refractivity contribution in [3.8, 4) is 0 Å². The molecule has 0 saturated heterocycles. The summed E-state index contributed by atoms with van der Waals surface area (Å²) in [5.41, 5.74) is 2.55. The Morgan fingerprint density at radius 2 is 1.59 bits per heavy atom. The largest absolute Gasteiger partial charge is 0.356 e. The van der Waals surface area contributed by atoms with Crippen molar-refractivity contribution < 1.29 is 4.79 Å². The van der Waals surface area contributed by atoms with Gasteiger partial charge in [0.25, 0.3) is 0 Å². The van der Waals surface area contributed by atoms with Crippen LogP contribution in [0.1, 0.15) is 16.4 Å². The van der Waals surface area contributed by atoms with Crippen molar-refractivity contribution in [3.63, 3.8) is 0 Å². The van der Waals surface area contributed by atoms with Crippen molar-refractivity contribution in [1.29, 1.82) is 0 Å². The molecule has 3 aromatic carbocycles. The second-order valence-corrected chi connectivity index (χ2v) is 9.97. The van der Waals surface area contributed by atoms with Crippen LogP contribution in [0.15, 0.2) is 83.2 Å². The van der Waals surface area contributed by atoms with Crippen LogP contribution >= 0.6 is 46.3 Å². The quantitative estimate of drug-likeness (QED) is 0.256. The molecule has 1 unspecified atom stereocenters. The molecular formula is C23H18Cl2N4OS2. The molecule has 32 heavy (non-hydrogen) atoms. The number of anilines is 2. The molecule has 0 spiro atoms. The van der Waals surface area contributed by atoms with Gasteiger partial charge in [-0.1, -0.05) is 107 Å². The van der Waals surface area contributed by atoms with Gasteiger partial charge in [0, 0.05) is 22.3 Å². The summed E-state index contributed by atoms with van der Waals surface area (Å²) in [6.07, 6.45) is 0. The fourth-order valence-corrected chi connectivity index (χ4v) is 5.40. The van der Waals surface area contributed by atoms with Crippen molar-refractivity contribution in [3.05, 3.63) is 100 Å². The first kappa shape index (κ1) is 22.6. The van der Waals surface area contributed by atoms with E-state index < -0.39 is 5.25 Å². The van der Waals surface area contributed by atoms with E-state index in [0.29, 0.717) is 31.7 Å². The molecule has 1 heterocycles. The minimum Gasteiger partial charge on any atom is -0.356 e. The number of amides is 1. The summed E-state index contributed by atoms with van der Waals surface area (Å²) in [6.45, 7) is 0.651. The molecule has 0 bridgehead atoms. The van der Waals surface area contributed by atoms with E-state index in [1.807, 2.05) is 60.7 Å². The highest BCUT2D eigenvalue weighted by molar-refractivity contribution is 8.02. The van der Waals surface area contributed by atoms with Crippen LogP contribution in [-0.2, 0) is 11.3 Å². The predicted molar refractivity (Wildman–Crippen MR) is 134 cm³/mol. The monoisotopic (exact) mass is 500 g/mol. The van der Waals surface area contributed by atoms with E-state index in [-0.39, 0.29) is 5.91 Å². The highest BCUT2D eigenvalue weighted by Crippen LogP contribution is 2.39. The lowest BCUT2D eigenvalue weighted by Gasteiger charge is -2.16. The molecule has 0 radical (unpaired) electrons. The minimum absolute atomic E-state index is 0.200. The van der Waals surface area contributed by atoms with Crippen LogP contribution in [0.2, 0.25) is 10.0 Å². The number of carbonyl (C=O) groups is 1. The Bertz CT molecular complexity index is 1170. The third kappa shape index (κ3) is 6.23. The first-order chi connectivity index (χ1) is 15.6. The van der Waals surface area contributed by atoms with Gasteiger partial charge in [-0.05, 0) is 29.3 Å². The number of thioether (sulfide) groups is 1. The highest BCUT2D eigenvalue weighted by Gasteiger charge is 2.24. The van der Waals surface area contributed by atoms with Crippen LogP contribution in [0, 0.1) is 0 Å². The van der Waals surface area contributed by atoms with Crippen molar-refractivity contribution in [1.82, 2.24) is 10.2 Å². The van der Waals surface area contributed by atoms with Gasteiger partial charge < -0.3 is 10.6 Å². The summed E-state index contributed by atoms with van der Waals surface area (Å²) in [6, 6.07) is 24.5. The fraction of sp³-hybridized carbons (Fsp3) is 0.0870. The van der Waals surface area contributed by atoms with Gasteiger partial charge in [0.15, 0.2) is 4.34 Å². The van der Waals surface area contributed by atoms with Crippen LogP contribution in [0.25, 0.3) is 0 Å². The molecule has 1 amide bonds. The molecule has 4 rings (SSSR count). The Morgan fingerprint density at radius 3 is 2.28 bits per heavy atom. The molecule has 9 heteroatoms. The summed E-state index contributed by atoms with van der Waals surface area (Å²) in [5.74, 6) is -0.200. The molecule has 162 valence electrons. The van der Waals surface area contributed by atoms with Crippen molar-refractivity contribution in [2.45, 2.75) is 16.1 Å². The molecule has 0 saturated carbocycles. The van der Waals surface area contributed by atoms with E-state index >= 15 is 0 Å². The van der Waals surface area contributed by atoms with Gasteiger partial charge in [0.2, 0.25) is 11.0 Å². The lowest BCUT2D eigenvalue weighted by atomic mass is 10.1. The molecule has 1 atom stereocenters. The van der Waals surface area contributed by atoms with E-state index in [1.165, 1.54) is 23.1 Å². The normalized spacial score (nSPS) is 11.7. The standard InChI is InChI=1S/C23H18Cl2N4OS2/c24-17-11-18(25)13-19(12-17)27-21(30)20(16-9-5-2-6-10-16)31-23-29-28-22(32-23)26-14-15-7-3-1-4-8-15/h1-13,20H,14H2,(H,26,28)(H,27,30). The number of rotatable bonds is 8. The Kier molecular flexibility index (Phi) is 7.65. The number of hydrogen-bond acceptors (Lipinski definition) is 6. The van der Waals surface area contributed by atoms with Gasteiger partial charge >= 0.3 is 0 Å². The first-order valence-corrected chi connectivity index (χ1v) is 12.1. The zero-order chi connectivity index (χ0) is 22.3. The van der Waals surface area contributed by atoms with E-state index in [4.69, 9.17) is 23.2 Å². The van der Waals surface area contributed by atoms with Gasteiger partial charge in [-0.25, -0.2) is 0 Å². The van der Waals surface area contributed by atoms with Crippen LogP contribution < -0.4 is 10.6 Å². The van der Waals surface area contributed by atoms with Crippen LogP contribution in [0.3, 0.4) is 0 Å². The lowest BCUT2D eigenvalue weighted by molar-refractivity contribution is -0.115. The number of nitrogens with one attached hydrogen (secondary N) is 2. The van der Waals surface area contributed by atoms with Crippen molar-refractivity contribution in [2.24, 2.45) is 0 Å². The predicted octanol–water partition coefficient (Wildman–Crippen LogP) is 6.93. The van der Waals surface area contributed by atoms with Gasteiger partial charge in [0.05, 0.1) is 0 Å². The highest BCUT2D eigenvalue weighted by atomic mass is 35.5. The summed E-state index contributed by atoms with van der Waals surface area (Å²) in [5, 5.41) is 15.7. The van der Waals surface area contributed by atoms with Gasteiger partial charge in [0.1, 0.15) is 5.25 Å². The lowest BCUT2D eigenvalue weighted by Crippen LogP contribution is -2.19. The number of benzene rings is 3. The van der Waals surface area contributed by atoms with Crippen LogP contribution in [0.4, 0.5) is 10.8 Å². The number of carbonyl (C=O) groups excluding carboxylic acids is 1. The van der Waals surface area contributed by atoms with Crippen molar-refractivity contribution in [2.75, 3.05) is 10.6 Å². The second-order valence-electron chi connectivity index (χ2n) is 6.77. The zero-order valence-corrected chi connectivity index (χ0v) is 19.8. The third-order valence-electron chi connectivity index (χ3n) is 4.38. The van der Waals surface area contributed by atoms with Crippen LogP contribution in [-0.4, -0.2) is 16.1 Å². The fourth-order valence-electron chi connectivity index (χ4n) is 2.94. The average Bonchev–Trinajstić information content (AvgIpc) is 3.24. The summed E-state index contributed by atoms with van der Waals surface area (Å²) in [7, 11) is 0. The summed E-state index contributed by atoms with van der Waals surface area (Å²) >= 11 is 14.9. The molecule has 2 N–H and O–H groups in total. The maximum atomic E-state index is 13.2. The molecule has 0 aliphatic carbocycles. The molecule has 0 aliphatic heterocycles. The average molecular weight is 501 g/mol. The van der Waals surface area contributed by atoms with Crippen LogP contribution in [0.5, 0.6) is 0 Å². The summed E-state index contributed by atoms with van der Waals surface area (Å²) in [4.78, 5) is 13.2. The smallest absolute Gasteiger partial charge is 0.242 e. The van der Waals surface area contributed by atoms with E-state index in [1.54, 1.807) is 18.2 Å². The SMILES string of the molecule is O=C(Nc1cc(Cl)cc(Cl)c1)C(Sc1nnc(NCc2ccccc2)s1)c1ccccc1. The molecule has 0 fully saturated rings. The maximum absolute atomic E-state index is 13.2. The van der Waals surface area contributed by atoms with E-state index in [2.05, 4.69) is 20.8 Å².